The third-order valence-electron chi connectivity index (χ3n) is 11.6. The molecule has 0 fully saturated rings. The normalized spacial score (nSPS) is 13.7. The van der Waals surface area contributed by atoms with Crippen LogP contribution in [0, 0.1) is 0 Å². The molecular weight excluding hydrogens is 717 g/mol. The number of imidazole rings is 1. The molecule has 7 aromatic carbocycles. The zero-order chi connectivity index (χ0) is 39.3. The van der Waals surface area contributed by atoms with Crippen LogP contribution in [0.5, 0.6) is 0 Å². The van der Waals surface area contributed by atoms with Crippen molar-refractivity contribution in [2.75, 3.05) is 0 Å². The fourth-order valence-corrected chi connectivity index (χ4v) is 8.76. The van der Waals surface area contributed by atoms with Crippen molar-refractivity contribution < 1.29 is 0 Å². The molecule has 1 aliphatic carbocycles. The van der Waals surface area contributed by atoms with Crippen LogP contribution in [0.25, 0.3) is 94.6 Å². The van der Waals surface area contributed by atoms with E-state index in [1.807, 2.05) is 18.3 Å². The fraction of sp³-hybridized carbons (Fsp3) is 0.0182. The Bertz CT molecular complexity index is 3300. The molecule has 3 aromatic heterocycles. The number of pyridine rings is 1. The number of aromatic nitrogens is 4. The van der Waals surface area contributed by atoms with Crippen LogP contribution in [0.15, 0.2) is 213 Å². The van der Waals surface area contributed by atoms with Crippen molar-refractivity contribution in [3.05, 3.63) is 224 Å². The van der Waals surface area contributed by atoms with Crippen LogP contribution in [-0.2, 0) is 6.42 Å². The average Bonchev–Trinajstić information content (AvgIpc) is 3.85. The minimum atomic E-state index is 0.879. The van der Waals surface area contributed by atoms with Crippen LogP contribution in [0.3, 0.4) is 0 Å². The van der Waals surface area contributed by atoms with Crippen molar-refractivity contribution in [2.24, 2.45) is 0 Å². The van der Waals surface area contributed by atoms with Crippen molar-refractivity contribution in [2.45, 2.75) is 6.42 Å². The maximum Gasteiger partial charge on any atom is 0.145 e. The van der Waals surface area contributed by atoms with Gasteiger partial charge < -0.3 is 4.57 Å². The van der Waals surface area contributed by atoms with Crippen LogP contribution in [0.4, 0.5) is 0 Å². The first kappa shape index (κ1) is 34.4. The van der Waals surface area contributed by atoms with Gasteiger partial charge in [0.15, 0.2) is 0 Å². The van der Waals surface area contributed by atoms with Crippen LogP contribution in [0.1, 0.15) is 11.1 Å². The summed E-state index contributed by atoms with van der Waals surface area (Å²) in [7, 11) is 0. The molecule has 11 rings (SSSR count). The molecule has 0 spiro atoms. The summed E-state index contributed by atoms with van der Waals surface area (Å²) in [6.07, 6.45) is 13.1. The Balaban J connectivity index is 1.01. The maximum absolute atomic E-state index is 5.17. The predicted octanol–water partition coefficient (Wildman–Crippen LogP) is 13.9. The lowest BCUT2D eigenvalue weighted by Gasteiger charge is -2.16. The van der Waals surface area contributed by atoms with Gasteiger partial charge in [-0.05, 0) is 124 Å². The first-order valence-corrected chi connectivity index (χ1v) is 20.1. The second kappa shape index (κ2) is 14.3. The van der Waals surface area contributed by atoms with Gasteiger partial charge in [0, 0.05) is 45.7 Å². The first-order chi connectivity index (χ1) is 29.2. The lowest BCUT2D eigenvalue weighted by atomic mass is 9.88. The molecule has 0 saturated heterocycles. The van der Waals surface area contributed by atoms with Crippen molar-refractivity contribution >= 4 is 38.4 Å². The summed E-state index contributed by atoms with van der Waals surface area (Å²) >= 11 is 0. The number of allylic oxidation sites excluding steroid dienone is 5. The number of para-hydroxylation sites is 3. The minimum absolute atomic E-state index is 0.879. The first-order valence-electron chi connectivity index (χ1n) is 20.1. The maximum atomic E-state index is 5.17. The molecule has 0 aliphatic heterocycles. The van der Waals surface area contributed by atoms with Gasteiger partial charge in [0.25, 0.3) is 0 Å². The van der Waals surface area contributed by atoms with Gasteiger partial charge in [0.2, 0.25) is 0 Å². The molecule has 0 atom stereocenters. The summed E-state index contributed by atoms with van der Waals surface area (Å²) in [4.78, 5) is 9.52. The summed E-state index contributed by atoms with van der Waals surface area (Å²) in [6.45, 7) is 4.45. The molecule has 0 saturated carbocycles. The van der Waals surface area contributed by atoms with Crippen molar-refractivity contribution in [3.63, 3.8) is 0 Å². The Morgan fingerprint density at radius 3 is 2.07 bits per heavy atom. The number of fused-ring (bicyclic) bond motifs is 7. The molecule has 3 heterocycles. The van der Waals surface area contributed by atoms with Gasteiger partial charge in [0.05, 0.1) is 22.1 Å². The summed E-state index contributed by atoms with van der Waals surface area (Å²) in [5.41, 5.74) is 18.0. The SMILES string of the molecule is C=C1/C=C\C=C/Cc2ccccc2-c2cc(-c3ccc4c(c3)c3ccccc3n4-c3ccc(-n4c(-c5cccc(-c6cccnc6)c5)nc5ccccc54)cc3)ccc21. The molecule has 0 N–H and O–H groups in total. The number of hydrogen-bond acceptors (Lipinski definition) is 2. The van der Waals surface area contributed by atoms with Gasteiger partial charge in [-0.25, -0.2) is 4.98 Å². The van der Waals surface area contributed by atoms with Crippen molar-refractivity contribution in [3.8, 4) is 56.1 Å². The number of hydrogen-bond donors (Lipinski definition) is 0. The van der Waals surface area contributed by atoms with E-state index < -0.39 is 0 Å². The molecule has 59 heavy (non-hydrogen) atoms. The van der Waals surface area contributed by atoms with E-state index in [0.29, 0.717) is 0 Å². The van der Waals surface area contributed by atoms with E-state index in [0.717, 1.165) is 62.5 Å². The van der Waals surface area contributed by atoms with E-state index in [-0.39, 0.29) is 0 Å². The Kier molecular flexibility index (Phi) is 8.34. The Labute approximate surface area is 343 Å². The van der Waals surface area contributed by atoms with E-state index in [2.05, 4.69) is 203 Å². The van der Waals surface area contributed by atoms with Gasteiger partial charge in [-0.15, -0.1) is 0 Å². The van der Waals surface area contributed by atoms with E-state index >= 15 is 0 Å². The molecule has 10 aromatic rings. The van der Waals surface area contributed by atoms with Crippen LogP contribution in [-0.4, -0.2) is 19.1 Å². The Morgan fingerprint density at radius 1 is 0.475 bits per heavy atom. The molecule has 278 valence electrons. The average molecular weight is 755 g/mol. The summed E-state index contributed by atoms with van der Waals surface area (Å²) in [6, 6.07) is 61.1. The fourth-order valence-electron chi connectivity index (χ4n) is 8.76. The van der Waals surface area contributed by atoms with Crippen LogP contribution in [0.2, 0.25) is 0 Å². The summed E-state index contributed by atoms with van der Waals surface area (Å²) < 4.78 is 4.65. The second-order valence-electron chi connectivity index (χ2n) is 15.1. The van der Waals surface area contributed by atoms with Crippen molar-refractivity contribution in [1.29, 1.82) is 0 Å². The topological polar surface area (TPSA) is 35.6 Å². The highest BCUT2D eigenvalue weighted by molar-refractivity contribution is 6.10. The minimum Gasteiger partial charge on any atom is -0.309 e. The molecule has 0 amide bonds. The molecular formula is C55H38N4. The molecule has 0 radical (unpaired) electrons. The number of benzene rings is 7. The third kappa shape index (κ3) is 6.01. The summed E-state index contributed by atoms with van der Waals surface area (Å²) in [5.74, 6) is 0.898. The molecule has 4 heteroatoms. The predicted molar refractivity (Wildman–Crippen MR) is 246 cm³/mol. The van der Waals surface area contributed by atoms with Gasteiger partial charge in [-0.2, -0.15) is 0 Å². The van der Waals surface area contributed by atoms with Gasteiger partial charge >= 0.3 is 0 Å². The zero-order valence-corrected chi connectivity index (χ0v) is 32.3. The van der Waals surface area contributed by atoms with Gasteiger partial charge in [-0.3, -0.25) is 9.55 Å². The van der Waals surface area contributed by atoms with Crippen molar-refractivity contribution in [1.82, 2.24) is 19.1 Å². The largest absolute Gasteiger partial charge is 0.309 e. The summed E-state index contributed by atoms with van der Waals surface area (Å²) in [5, 5.41) is 2.44. The number of nitrogens with zero attached hydrogens (tertiary/aromatic N) is 4. The quantitative estimate of drug-likeness (QED) is 0.175. The van der Waals surface area contributed by atoms with E-state index in [4.69, 9.17) is 4.98 Å². The zero-order valence-electron chi connectivity index (χ0n) is 32.3. The highest BCUT2D eigenvalue weighted by atomic mass is 15.1. The highest BCUT2D eigenvalue weighted by Crippen LogP contribution is 2.39. The lowest BCUT2D eigenvalue weighted by molar-refractivity contribution is 1.09. The Morgan fingerprint density at radius 2 is 1.19 bits per heavy atom. The second-order valence-corrected chi connectivity index (χ2v) is 15.1. The van der Waals surface area contributed by atoms with Gasteiger partial charge in [-0.1, -0.05) is 128 Å². The number of rotatable bonds is 5. The third-order valence-corrected chi connectivity index (χ3v) is 11.6. The van der Waals surface area contributed by atoms with E-state index in [9.17, 15) is 0 Å². The molecule has 1 aliphatic rings. The Hall–Kier alpha value is -7.82. The standard InChI is InChI=1S/C55H38N4/c1-37-13-3-2-4-14-38-15-5-6-19-47(38)49-34-40(24-30-46(37)49)41-25-31-53-50(35-41)48-20-7-9-22-52(48)58(53)44-26-28-45(29-27-44)59-54-23-10-8-21-51(54)57-55(59)42-17-11-16-39(33-42)43-18-12-32-56-36-43/h2-13,15-36H,1,14H2/b4-2-,13-3-. The monoisotopic (exact) mass is 754 g/mol. The van der Waals surface area contributed by atoms with Crippen LogP contribution >= 0.6 is 0 Å². The van der Waals surface area contributed by atoms with Gasteiger partial charge in [0.1, 0.15) is 5.82 Å². The highest BCUT2D eigenvalue weighted by Gasteiger charge is 2.18. The smallest absolute Gasteiger partial charge is 0.145 e. The molecule has 4 nitrogen and oxygen atoms in total. The lowest BCUT2D eigenvalue weighted by Crippen LogP contribution is -1.99. The van der Waals surface area contributed by atoms with E-state index in [1.54, 1.807) is 6.20 Å². The van der Waals surface area contributed by atoms with E-state index in [1.165, 1.54) is 49.6 Å². The molecule has 0 unspecified atom stereocenters. The molecule has 0 bridgehead atoms. The van der Waals surface area contributed by atoms with Crippen LogP contribution < -0.4 is 0 Å².